The topological polar surface area (TPSA) is 56.7 Å². The molecule has 0 aliphatic heterocycles. The van der Waals surface area contributed by atoms with Crippen molar-refractivity contribution in [1.29, 1.82) is 0 Å². The normalized spacial score (nSPS) is 10.6. The Balaban J connectivity index is 1.69. The van der Waals surface area contributed by atoms with Crippen LogP contribution < -0.4 is 19.1 Å². The number of halogens is 1. The van der Waals surface area contributed by atoms with Gasteiger partial charge in [-0.2, -0.15) is 0 Å². The van der Waals surface area contributed by atoms with Gasteiger partial charge in [-0.3, -0.25) is 0 Å². The first-order chi connectivity index (χ1) is 16.6. The van der Waals surface area contributed by atoms with Crippen molar-refractivity contribution in [2.24, 2.45) is 0 Å². The van der Waals surface area contributed by atoms with Gasteiger partial charge in [0.1, 0.15) is 5.69 Å². The van der Waals surface area contributed by atoms with Crippen molar-refractivity contribution < 1.29 is 14.2 Å². The summed E-state index contributed by atoms with van der Waals surface area (Å²) in [4.78, 5) is 11.4. The minimum atomic E-state index is 0.362. The van der Waals surface area contributed by atoms with E-state index >= 15 is 0 Å². The lowest BCUT2D eigenvalue weighted by atomic mass is 10.1. The van der Waals surface area contributed by atoms with E-state index < -0.39 is 0 Å². The van der Waals surface area contributed by atoms with Crippen molar-refractivity contribution in [2.45, 2.75) is 6.54 Å². The zero-order valence-corrected chi connectivity index (χ0v) is 20.0. The SMILES string of the molecule is C#CCN(Cc1ccc2nc(-c3ccccc3)c(Cl)nc2c1)c1cc(OC)c(OC)c(OC)c1. The lowest BCUT2D eigenvalue weighted by Gasteiger charge is -2.25. The Morgan fingerprint density at radius 2 is 1.59 bits per heavy atom. The highest BCUT2D eigenvalue weighted by molar-refractivity contribution is 6.32. The van der Waals surface area contributed by atoms with Crippen molar-refractivity contribution >= 4 is 28.3 Å². The predicted molar refractivity (Wildman–Crippen MR) is 136 cm³/mol. The van der Waals surface area contributed by atoms with Crippen molar-refractivity contribution in [1.82, 2.24) is 9.97 Å². The minimum absolute atomic E-state index is 0.362. The first-order valence-corrected chi connectivity index (χ1v) is 11.0. The summed E-state index contributed by atoms with van der Waals surface area (Å²) in [5.74, 6) is 4.37. The highest BCUT2D eigenvalue weighted by Gasteiger charge is 2.17. The fourth-order valence-electron chi connectivity index (χ4n) is 3.78. The number of hydrogen-bond acceptors (Lipinski definition) is 6. The van der Waals surface area contributed by atoms with Gasteiger partial charge in [-0.05, 0) is 17.7 Å². The number of nitrogens with zero attached hydrogens (tertiary/aromatic N) is 3. The van der Waals surface area contributed by atoms with Crippen molar-refractivity contribution in [3.63, 3.8) is 0 Å². The first-order valence-electron chi connectivity index (χ1n) is 10.6. The van der Waals surface area contributed by atoms with Gasteiger partial charge in [0, 0.05) is 29.9 Å². The highest BCUT2D eigenvalue weighted by atomic mass is 35.5. The van der Waals surface area contributed by atoms with E-state index in [1.54, 1.807) is 21.3 Å². The lowest BCUT2D eigenvalue weighted by molar-refractivity contribution is 0.324. The fraction of sp³-hybridized carbons (Fsp3) is 0.185. The third-order valence-corrected chi connectivity index (χ3v) is 5.67. The molecule has 4 rings (SSSR count). The van der Waals surface area contributed by atoms with Gasteiger partial charge < -0.3 is 19.1 Å². The number of aromatic nitrogens is 2. The summed E-state index contributed by atoms with van der Waals surface area (Å²) in [7, 11) is 4.74. The highest BCUT2D eigenvalue weighted by Crippen LogP contribution is 2.41. The second kappa shape index (κ2) is 10.3. The summed E-state index contributed by atoms with van der Waals surface area (Å²) >= 11 is 6.49. The predicted octanol–water partition coefficient (Wildman–Crippen LogP) is 5.62. The molecule has 0 amide bonds. The molecule has 0 fully saturated rings. The Labute approximate surface area is 204 Å². The molecular weight excluding hydrogens is 450 g/mol. The molecule has 0 radical (unpaired) electrons. The first kappa shape index (κ1) is 23.2. The average molecular weight is 474 g/mol. The van der Waals surface area contributed by atoms with Crippen LogP contribution in [0.4, 0.5) is 5.69 Å². The van der Waals surface area contributed by atoms with Crippen LogP contribution in [0.15, 0.2) is 60.7 Å². The number of benzene rings is 3. The zero-order chi connectivity index (χ0) is 24.1. The van der Waals surface area contributed by atoms with Crippen molar-refractivity contribution in [3.8, 4) is 40.8 Å². The quantitative estimate of drug-likeness (QED) is 0.310. The van der Waals surface area contributed by atoms with Crippen LogP contribution in [-0.2, 0) is 6.54 Å². The largest absolute Gasteiger partial charge is 0.493 e. The molecular formula is C27H24ClN3O3. The molecule has 0 spiro atoms. The second-order valence-electron chi connectivity index (χ2n) is 7.50. The standard InChI is InChI=1S/C27H24ClN3O3/c1-5-13-31(20-15-23(32-2)26(34-4)24(16-20)33-3)17-18-11-12-21-22(14-18)30-27(28)25(29-21)19-9-7-6-8-10-19/h1,6-12,14-16H,13,17H2,2-4H3. The number of ether oxygens (including phenoxy) is 3. The number of rotatable bonds is 8. The summed E-state index contributed by atoms with van der Waals surface area (Å²) in [5.41, 5.74) is 4.92. The van der Waals surface area contributed by atoms with Gasteiger partial charge in [0.2, 0.25) is 5.75 Å². The molecule has 1 heterocycles. The Hall–Kier alpha value is -3.95. The molecule has 3 aromatic carbocycles. The average Bonchev–Trinajstić information content (AvgIpc) is 2.87. The minimum Gasteiger partial charge on any atom is -0.493 e. The van der Waals surface area contributed by atoms with Crippen molar-refractivity contribution in [3.05, 3.63) is 71.4 Å². The molecule has 1 aromatic heterocycles. The molecule has 4 aromatic rings. The maximum Gasteiger partial charge on any atom is 0.203 e. The van der Waals surface area contributed by atoms with E-state index in [1.807, 2.05) is 65.6 Å². The van der Waals surface area contributed by atoms with Crippen LogP contribution in [0.2, 0.25) is 5.15 Å². The molecule has 0 atom stereocenters. The molecule has 7 heteroatoms. The fourth-order valence-corrected chi connectivity index (χ4v) is 4.02. The number of methoxy groups -OCH3 is 3. The summed E-state index contributed by atoms with van der Waals surface area (Å²) in [6.45, 7) is 0.925. The molecule has 0 unspecified atom stereocenters. The van der Waals surface area contributed by atoms with Crippen LogP contribution in [0.3, 0.4) is 0 Å². The summed E-state index contributed by atoms with van der Waals surface area (Å²) in [5, 5.41) is 0.362. The van der Waals surface area contributed by atoms with Gasteiger partial charge in [-0.25, -0.2) is 9.97 Å². The van der Waals surface area contributed by atoms with Crippen LogP contribution in [0, 0.1) is 12.3 Å². The molecule has 0 aliphatic rings. The van der Waals surface area contributed by atoms with E-state index in [0.717, 1.165) is 22.3 Å². The Morgan fingerprint density at radius 1 is 0.882 bits per heavy atom. The van der Waals surface area contributed by atoms with E-state index in [9.17, 15) is 0 Å². The third-order valence-electron chi connectivity index (χ3n) is 5.40. The van der Waals surface area contributed by atoms with E-state index in [0.29, 0.717) is 46.7 Å². The Morgan fingerprint density at radius 3 is 2.21 bits per heavy atom. The van der Waals surface area contributed by atoms with E-state index in [-0.39, 0.29) is 0 Å². The van der Waals surface area contributed by atoms with Crippen LogP contribution in [-0.4, -0.2) is 37.8 Å². The van der Waals surface area contributed by atoms with Crippen LogP contribution in [0.1, 0.15) is 5.56 Å². The zero-order valence-electron chi connectivity index (χ0n) is 19.2. The van der Waals surface area contributed by atoms with Gasteiger partial charge in [-0.1, -0.05) is 53.9 Å². The smallest absolute Gasteiger partial charge is 0.203 e. The van der Waals surface area contributed by atoms with Crippen LogP contribution in [0.25, 0.3) is 22.3 Å². The van der Waals surface area contributed by atoms with Gasteiger partial charge in [0.25, 0.3) is 0 Å². The van der Waals surface area contributed by atoms with E-state index in [1.165, 1.54) is 0 Å². The monoisotopic (exact) mass is 473 g/mol. The summed E-state index contributed by atoms with van der Waals surface area (Å²) in [6, 6.07) is 19.5. The van der Waals surface area contributed by atoms with E-state index in [4.69, 9.17) is 37.2 Å². The molecule has 0 aliphatic carbocycles. The number of anilines is 1. The molecule has 0 saturated carbocycles. The maximum atomic E-state index is 6.49. The lowest BCUT2D eigenvalue weighted by Crippen LogP contribution is -2.23. The molecule has 0 bridgehead atoms. The second-order valence-corrected chi connectivity index (χ2v) is 7.85. The van der Waals surface area contributed by atoms with Gasteiger partial charge in [-0.15, -0.1) is 6.42 Å². The van der Waals surface area contributed by atoms with Crippen LogP contribution in [0.5, 0.6) is 17.2 Å². The Kier molecular flexibility index (Phi) is 7.05. The molecule has 172 valence electrons. The van der Waals surface area contributed by atoms with E-state index in [2.05, 4.69) is 10.9 Å². The summed E-state index contributed by atoms with van der Waals surface area (Å²) < 4.78 is 16.4. The van der Waals surface area contributed by atoms with Crippen molar-refractivity contribution in [2.75, 3.05) is 32.8 Å². The van der Waals surface area contributed by atoms with Crippen LogP contribution >= 0.6 is 11.6 Å². The Bertz CT molecular complexity index is 1330. The summed E-state index contributed by atoms with van der Waals surface area (Å²) in [6.07, 6.45) is 5.68. The maximum absolute atomic E-state index is 6.49. The number of terminal acetylenes is 1. The third kappa shape index (κ3) is 4.70. The van der Waals surface area contributed by atoms with Gasteiger partial charge in [0.05, 0.1) is 38.9 Å². The number of fused-ring (bicyclic) bond motifs is 1. The van der Waals surface area contributed by atoms with Gasteiger partial charge >= 0.3 is 0 Å². The molecule has 0 saturated heterocycles. The number of hydrogen-bond donors (Lipinski definition) is 0. The molecule has 34 heavy (non-hydrogen) atoms. The molecule has 6 nitrogen and oxygen atoms in total. The molecule has 0 N–H and O–H groups in total. The van der Waals surface area contributed by atoms with Gasteiger partial charge in [0.15, 0.2) is 16.7 Å².